The molecule has 7 heteroatoms. The third kappa shape index (κ3) is 4.05. The molecule has 1 aromatic carbocycles. The summed E-state index contributed by atoms with van der Waals surface area (Å²) >= 11 is 1.58. The average Bonchev–Trinajstić information content (AvgIpc) is 3.31. The van der Waals surface area contributed by atoms with Crippen molar-refractivity contribution in [3.63, 3.8) is 0 Å². The highest BCUT2D eigenvalue weighted by atomic mass is 32.1. The molecule has 1 aliphatic rings. The van der Waals surface area contributed by atoms with Gasteiger partial charge in [0.05, 0.1) is 23.7 Å². The molecule has 1 amide bonds. The highest BCUT2D eigenvalue weighted by Gasteiger charge is 2.30. The molecular formula is C19H19N2O4S-. The third-order valence-electron chi connectivity index (χ3n) is 4.13. The number of amides is 1. The van der Waals surface area contributed by atoms with Crippen LogP contribution in [0.1, 0.15) is 35.7 Å². The number of methoxy groups -OCH3 is 1. The second-order valence-corrected chi connectivity index (χ2v) is 6.82. The lowest BCUT2D eigenvalue weighted by Crippen LogP contribution is -2.39. The number of carboxylic acid groups (broad SMARTS) is 1. The maximum Gasteiger partial charge on any atom is 0.241 e. The van der Waals surface area contributed by atoms with E-state index in [1.807, 2.05) is 47.9 Å². The number of hydrogen-bond acceptors (Lipinski definition) is 6. The molecule has 1 N–H and O–H groups in total. The maximum atomic E-state index is 12.6. The maximum absolute atomic E-state index is 12.6. The third-order valence-corrected chi connectivity index (χ3v) is 5.03. The standard InChI is InChI=1S/C19H20N2O4S/c1-25-14-9-7-13(8-10-14)16-12-15(17-4-3-11-26-17)20-21(16)18(22)5-2-6-19(23)24/h3-4,7-12,16,20H,2,5-6H2,1H3,(H,23,24)/p-1/t16-/m1/s1. The SMILES string of the molecule is COc1ccc([C@H]2C=C(c3cccs3)NN2C(=O)CCCC(=O)[O-])cc1. The molecule has 26 heavy (non-hydrogen) atoms. The molecule has 0 fully saturated rings. The molecule has 0 bridgehead atoms. The molecule has 0 spiro atoms. The normalized spacial score (nSPS) is 16.1. The first-order chi connectivity index (χ1) is 12.6. The fourth-order valence-electron chi connectivity index (χ4n) is 2.81. The van der Waals surface area contributed by atoms with Crippen molar-refractivity contribution in [2.24, 2.45) is 0 Å². The zero-order chi connectivity index (χ0) is 18.5. The van der Waals surface area contributed by atoms with Gasteiger partial charge in [-0.1, -0.05) is 18.2 Å². The summed E-state index contributed by atoms with van der Waals surface area (Å²) in [6, 6.07) is 11.2. The Bertz CT molecular complexity index is 799. The van der Waals surface area contributed by atoms with Gasteiger partial charge < -0.3 is 14.6 Å². The average molecular weight is 371 g/mol. The van der Waals surface area contributed by atoms with Gasteiger partial charge in [0.15, 0.2) is 0 Å². The number of rotatable bonds is 7. The van der Waals surface area contributed by atoms with E-state index < -0.39 is 5.97 Å². The summed E-state index contributed by atoms with van der Waals surface area (Å²) in [5.41, 5.74) is 4.98. The number of thiophene rings is 1. The summed E-state index contributed by atoms with van der Waals surface area (Å²) in [5.74, 6) is -0.555. The van der Waals surface area contributed by atoms with Gasteiger partial charge in [-0.05, 0) is 48.1 Å². The minimum absolute atomic E-state index is 0.127. The Balaban J connectivity index is 1.81. The van der Waals surface area contributed by atoms with Gasteiger partial charge in [-0.25, -0.2) is 5.01 Å². The van der Waals surface area contributed by atoms with Gasteiger partial charge in [-0.15, -0.1) is 11.3 Å². The lowest BCUT2D eigenvalue weighted by Gasteiger charge is -2.25. The van der Waals surface area contributed by atoms with E-state index >= 15 is 0 Å². The number of hydrogen-bond donors (Lipinski definition) is 1. The molecular weight excluding hydrogens is 352 g/mol. The van der Waals surface area contributed by atoms with Crippen molar-refractivity contribution in [2.45, 2.75) is 25.3 Å². The summed E-state index contributed by atoms with van der Waals surface area (Å²) in [6.07, 6.45) is 2.27. The Morgan fingerprint density at radius 1 is 1.23 bits per heavy atom. The van der Waals surface area contributed by atoms with Crippen LogP contribution in [0, 0.1) is 0 Å². The molecule has 1 aromatic heterocycles. The van der Waals surface area contributed by atoms with E-state index in [1.54, 1.807) is 23.5 Å². The Morgan fingerprint density at radius 3 is 2.62 bits per heavy atom. The fraction of sp³-hybridized carbons (Fsp3) is 0.263. The molecule has 0 saturated heterocycles. The van der Waals surface area contributed by atoms with Crippen LogP contribution in [0.15, 0.2) is 47.9 Å². The first-order valence-corrected chi connectivity index (χ1v) is 9.14. The van der Waals surface area contributed by atoms with Crippen LogP contribution >= 0.6 is 11.3 Å². The first kappa shape index (κ1) is 18.0. The van der Waals surface area contributed by atoms with Crippen LogP contribution in [0.4, 0.5) is 0 Å². The number of carbonyl (C=O) groups is 2. The van der Waals surface area contributed by atoms with Crippen molar-refractivity contribution >= 4 is 28.9 Å². The van der Waals surface area contributed by atoms with E-state index in [4.69, 9.17) is 4.74 Å². The van der Waals surface area contributed by atoms with Crippen molar-refractivity contribution in [1.29, 1.82) is 0 Å². The zero-order valence-corrected chi connectivity index (χ0v) is 15.1. The summed E-state index contributed by atoms with van der Waals surface area (Å²) in [7, 11) is 1.61. The van der Waals surface area contributed by atoms with Gasteiger partial charge in [0.1, 0.15) is 5.75 Å². The largest absolute Gasteiger partial charge is 0.550 e. The number of ether oxygens (including phenoxy) is 1. The highest BCUT2D eigenvalue weighted by Crippen LogP contribution is 2.34. The van der Waals surface area contributed by atoms with E-state index in [9.17, 15) is 14.7 Å². The van der Waals surface area contributed by atoms with Gasteiger partial charge in [-0.3, -0.25) is 10.2 Å². The van der Waals surface area contributed by atoms with Crippen LogP contribution in [0.5, 0.6) is 5.75 Å². The highest BCUT2D eigenvalue weighted by molar-refractivity contribution is 7.11. The van der Waals surface area contributed by atoms with Gasteiger partial charge in [0.25, 0.3) is 0 Å². The molecule has 2 heterocycles. The molecule has 3 rings (SSSR count). The number of benzene rings is 1. The van der Waals surface area contributed by atoms with Crippen LogP contribution in [0.25, 0.3) is 5.70 Å². The van der Waals surface area contributed by atoms with Crippen molar-refractivity contribution in [2.75, 3.05) is 7.11 Å². The van der Waals surface area contributed by atoms with Gasteiger partial charge in [0, 0.05) is 12.4 Å². The predicted octanol–water partition coefficient (Wildman–Crippen LogP) is 2.11. The molecule has 0 unspecified atom stereocenters. The number of carbonyl (C=O) groups excluding carboxylic acids is 2. The van der Waals surface area contributed by atoms with E-state index in [-0.39, 0.29) is 31.2 Å². The van der Waals surface area contributed by atoms with Crippen LogP contribution < -0.4 is 15.3 Å². The molecule has 0 saturated carbocycles. The second kappa shape index (κ2) is 8.05. The summed E-state index contributed by atoms with van der Waals surface area (Å²) in [4.78, 5) is 24.3. The van der Waals surface area contributed by atoms with Crippen molar-refractivity contribution < 1.29 is 19.4 Å². The summed E-state index contributed by atoms with van der Waals surface area (Å²) < 4.78 is 5.19. The van der Waals surface area contributed by atoms with Crippen LogP contribution in [-0.4, -0.2) is 24.0 Å². The van der Waals surface area contributed by atoms with Crippen molar-refractivity contribution in [3.05, 3.63) is 58.3 Å². The Kier molecular flexibility index (Phi) is 5.58. The fourth-order valence-corrected chi connectivity index (χ4v) is 3.51. The molecule has 2 aromatic rings. The zero-order valence-electron chi connectivity index (χ0n) is 14.3. The van der Waals surface area contributed by atoms with E-state index in [0.29, 0.717) is 0 Å². The molecule has 136 valence electrons. The summed E-state index contributed by atoms with van der Waals surface area (Å²) in [5, 5.41) is 14.1. The van der Waals surface area contributed by atoms with Crippen molar-refractivity contribution in [3.8, 4) is 5.75 Å². The van der Waals surface area contributed by atoms with Gasteiger partial charge in [0.2, 0.25) is 5.91 Å². The smallest absolute Gasteiger partial charge is 0.241 e. The lowest BCUT2D eigenvalue weighted by molar-refractivity contribution is -0.305. The van der Waals surface area contributed by atoms with Gasteiger partial charge in [-0.2, -0.15) is 0 Å². The molecule has 0 radical (unpaired) electrons. The minimum atomic E-state index is -1.14. The van der Waals surface area contributed by atoms with Crippen LogP contribution in [0.3, 0.4) is 0 Å². The number of hydrazine groups is 1. The molecule has 1 aliphatic heterocycles. The molecule has 0 aliphatic carbocycles. The Labute approximate surface area is 155 Å². The van der Waals surface area contributed by atoms with E-state index in [2.05, 4.69) is 5.43 Å². The van der Waals surface area contributed by atoms with E-state index in [0.717, 1.165) is 21.9 Å². The first-order valence-electron chi connectivity index (χ1n) is 8.26. The number of nitrogens with zero attached hydrogens (tertiary/aromatic N) is 1. The monoisotopic (exact) mass is 371 g/mol. The lowest BCUT2D eigenvalue weighted by atomic mass is 10.1. The Morgan fingerprint density at radius 2 is 2.00 bits per heavy atom. The molecule has 1 atom stereocenters. The Hall–Kier alpha value is -2.80. The minimum Gasteiger partial charge on any atom is -0.550 e. The van der Waals surface area contributed by atoms with Crippen LogP contribution in [-0.2, 0) is 9.59 Å². The quantitative estimate of drug-likeness (QED) is 0.806. The molecule has 6 nitrogen and oxygen atoms in total. The van der Waals surface area contributed by atoms with Crippen molar-refractivity contribution in [1.82, 2.24) is 10.4 Å². The topological polar surface area (TPSA) is 81.7 Å². The number of aliphatic carboxylic acids is 1. The number of nitrogens with one attached hydrogen (secondary N) is 1. The predicted molar refractivity (Wildman–Crippen MR) is 96.9 cm³/mol. The van der Waals surface area contributed by atoms with E-state index in [1.165, 1.54) is 0 Å². The second-order valence-electron chi connectivity index (χ2n) is 5.88. The van der Waals surface area contributed by atoms with Gasteiger partial charge >= 0.3 is 0 Å². The number of carboxylic acids is 1. The summed E-state index contributed by atoms with van der Waals surface area (Å²) in [6.45, 7) is 0. The van der Waals surface area contributed by atoms with Crippen LogP contribution in [0.2, 0.25) is 0 Å².